The Bertz CT molecular complexity index is 344. The van der Waals surface area contributed by atoms with E-state index < -0.39 is 0 Å². The van der Waals surface area contributed by atoms with Crippen molar-refractivity contribution in [2.75, 3.05) is 6.61 Å². The lowest BCUT2D eigenvalue weighted by atomic mass is 10.0. The predicted octanol–water partition coefficient (Wildman–Crippen LogP) is 1.14. The first kappa shape index (κ1) is 13.2. The van der Waals surface area contributed by atoms with E-state index in [1.54, 1.807) is 0 Å². The molecular weight excluding hydrogens is 202 g/mol. The van der Waals surface area contributed by atoms with E-state index in [1.165, 1.54) is 11.3 Å². The maximum absolute atomic E-state index is 9.23. The van der Waals surface area contributed by atoms with Gasteiger partial charge in [-0.25, -0.2) is 0 Å². The van der Waals surface area contributed by atoms with Gasteiger partial charge in [-0.2, -0.15) is 5.10 Å². The summed E-state index contributed by atoms with van der Waals surface area (Å²) in [5.74, 6) is 0.433. The van der Waals surface area contributed by atoms with E-state index in [0.29, 0.717) is 5.92 Å². The highest BCUT2D eigenvalue weighted by molar-refractivity contribution is 5.24. The van der Waals surface area contributed by atoms with Crippen molar-refractivity contribution in [1.82, 2.24) is 15.1 Å². The molecular formula is C12H23N3O. The van der Waals surface area contributed by atoms with E-state index in [0.717, 1.165) is 12.2 Å². The number of aliphatic hydroxyl groups is 1. The first-order valence-corrected chi connectivity index (χ1v) is 5.80. The molecule has 2 N–H and O–H groups in total. The summed E-state index contributed by atoms with van der Waals surface area (Å²) in [6, 6.07) is 0.152. The standard InChI is InChI=1S/C12H23N3O/c1-8(2)12(7-16)13-6-11-9(3)14-15(5)10(11)4/h8,12-13,16H,6-7H2,1-5H3/t12-/m1/s1. The first-order valence-electron chi connectivity index (χ1n) is 5.80. The van der Waals surface area contributed by atoms with Crippen molar-refractivity contribution < 1.29 is 5.11 Å². The van der Waals surface area contributed by atoms with Gasteiger partial charge in [0.05, 0.1) is 12.3 Å². The van der Waals surface area contributed by atoms with Crippen molar-refractivity contribution in [2.24, 2.45) is 13.0 Å². The summed E-state index contributed by atoms with van der Waals surface area (Å²) >= 11 is 0. The number of rotatable bonds is 5. The Morgan fingerprint density at radius 2 is 2.00 bits per heavy atom. The Morgan fingerprint density at radius 1 is 1.38 bits per heavy atom. The Hall–Kier alpha value is -0.870. The molecule has 0 aliphatic heterocycles. The van der Waals surface area contributed by atoms with Crippen molar-refractivity contribution in [1.29, 1.82) is 0 Å². The van der Waals surface area contributed by atoms with Gasteiger partial charge in [-0.1, -0.05) is 13.8 Å². The Labute approximate surface area is 97.7 Å². The molecule has 1 atom stereocenters. The topological polar surface area (TPSA) is 50.1 Å². The van der Waals surface area contributed by atoms with E-state index in [2.05, 4.69) is 31.2 Å². The summed E-state index contributed by atoms with van der Waals surface area (Å²) in [4.78, 5) is 0. The Morgan fingerprint density at radius 3 is 2.38 bits per heavy atom. The molecule has 0 fully saturated rings. The molecule has 0 aliphatic rings. The van der Waals surface area contributed by atoms with Crippen LogP contribution in [0.5, 0.6) is 0 Å². The van der Waals surface area contributed by atoms with Gasteiger partial charge in [0.1, 0.15) is 0 Å². The highest BCUT2D eigenvalue weighted by atomic mass is 16.3. The molecule has 0 bridgehead atoms. The van der Waals surface area contributed by atoms with Crippen LogP contribution < -0.4 is 5.32 Å². The van der Waals surface area contributed by atoms with Gasteiger partial charge in [-0.3, -0.25) is 4.68 Å². The fraction of sp³-hybridized carbons (Fsp3) is 0.750. The van der Waals surface area contributed by atoms with Gasteiger partial charge in [-0.15, -0.1) is 0 Å². The summed E-state index contributed by atoms with van der Waals surface area (Å²) in [5.41, 5.74) is 3.49. The van der Waals surface area contributed by atoms with Crippen molar-refractivity contribution in [2.45, 2.75) is 40.3 Å². The number of aromatic nitrogens is 2. The average Bonchev–Trinajstić information content (AvgIpc) is 2.44. The summed E-state index contributed by atoms with van der Waals surface area (Å²) < 4.78 is 1.90. The monoisotopic (exact) mass is 225 g/mol. The minimum Gasteiger partial charge on any atom is -0.395 e. The molecule has 0 spiro atoms. The SMILES string of the molecule is Cc1nn(C)c(C)c1CN[C@H](CO)C(C)C. The minimum atomic E-state index is 0.152. The smallest absolute Gasteiger partial charge is 0.0641 e. The summed E-state index contributed by atoms with van der Waals surface area (Å²) in [5, 5.41) is 17.0. The van der Waals surface area contributed by atoms with Crippen molar-refractivity contribution in [3.63, 3.8) is 0 Å². The number of nitrogens with zero attached hydrogens (tertiary/aromatic N) is 2. The zero-order valence-electron chi connectivity index (χ0n) is 10.9. The molecule has 92 valence electrons. The van der Waals surface area contributed by atoms with Gasteiger partial charge in [0.25, 0.3) is 0 Å². The van der Waals surface area contributed by atoms with Crippen LogP contribution in [0.3, 0.4) is 0 Å². The van der Waals surface area contributed by atoms with Crippen molar-refractivity contribution >= 4 is 0 Å². The minimum absolute atomic E-state index is 0.152. The third kappa shape index (κ3) is 2.83. The number of nitrogens with one attached hydrogen (secondary N) is 1. The van der Waals surface area contributed by atoms with E-state index in [9.17, 15) is 5.11 Å². The number of hydrogen-bond donors (Lipinski definition) is 2. The zero-order valence-corrected chi connectivity index (χ0v) is 10.9. The molecule has 1 aromatic heterocycles. The highest BCUT2D eigenvalue weighted by Crippen LogP contribution is 2.12. The zero-order chi connectivity index (χ0) is 12.3. The van der Waals surface area contributed by atoms with Crippen LogP contribution in [-0.4, -0.2) is 27.5 Å². The molecule has 0 radical (unpaired) electrons. The second-order valence-corrected chi connectivity index (χ2v) is 4.69. The molecule has 0 saturated heterocycles. The van der Waals surface area contributed by atoms with Crippen LogP contribution >= 0.6 is 0 Å². The second kappa shape index (κ2) is 5.46. The third-order valence-electron chi connectivity index (χ3n) is 3.20. The largest absolute Gasteiger partial charge is 0.395 e. The number of aliphatic hydroxyl groups excluding tert-OH is 1. The molecule has 0 aromatic carbocycles. The Kier molecular flexibility index (Phi) is 4.50. The normalized spacial score (nSPS) is 13.4. The second-order valence-electron chi connectivity index (χ2n) is 4.69. The van der Waals surface area contributed by atoms with Gasteiger partial charge in [0, 0.05) is 30.9 Å². The van der Waals surface area contributed by atoms with E-state index in [1.807, 2.05) is 18.7 Å². The maximum Gasteiger partial charge on any atom is 0.0641 e. The first-order chi connectivity index (χ1) is 7.47. The average molecular weight is 225 g/mol. The Balaban J connectivity index is 2.67. The molecule has 0 saturated carbocycles. The van der Waals surface area contributed by atoms with Crippen LogP contribution in [0.25, 0.3) is 0 Å². The van der Waals surface area contributed by atoms with Crippen LogP contribution in [-0.2, 0) is 13.6 Å². The quantitative estimate of drug-likeness (QED) is 0.790. The van der Waals surface area contributed by atoms with Crippen LogP contribution in [0.15, 0.2) is 0 Å². The molecule has 1 heterocycles. The van der Waals surface area contributed by atoms with Crippen molar-refractivity contribution in [3.8, 4) is 0 Å². The van der Waals surface area contributed by atoms with E-state index in [4.69, 9.17) is 0 Å². The van der Waals surface area contributed by atoms with Gasteiger partial charge in [-0.05, 0) is 19.8 Å². The van der Waals surface area contributed by atoms with Gasteiger partial charge >= 0.3 is 0 Å². The number of aryl methyl sites for hydroxylation is 2. The lowest BCUT2D eigenvalue weighted by molar-refractivity contribution is 0.210. The van der Waals surface area contributed by atoms with Crippen LogP contribution in [0.4, 0.5) is 0 Å². The molecule has 0 aliphatic carbocycles. The van der Waals surface area contributed by atoms with E-state index in [-0.39, 0.29) is 12.6 Å². The van der Waals surface area contributed by atoms with Gasteiger partial charge in [0.2, 0.25) is 0 Å². The van der Waals surface area contributed by atoms with Crippen LogP contribution in [0.1, 0.15) is 30.8 Å². The molecule has 1 aromatic rings. The summed E-state index contributed by atoms with van der Waals surface area (Å²) in [6.07, 6.45) is 0. The fourth-order valence-corrected chi connectivity index (χ4v) is 1.82. The fourth-order valence-electron chi connectivity index (χ4n) is 1.82. The summed E-state index contributed by atoms with van der Waals surface area (Å²) in [7, 11) is 1.96. The van der Waals surface area contributed by atoms with Crippen LogP contribution in [0.2, 0.25) is 0 Å². The third-order valence-corrected chi connectivity index (χ3v) is 3.20. The van der Waals surface area contributed by atoms with Crippen LogP contribution in [0, 0.1) is 19.8 Å². The molecule has 0 unspecified atom stereocenters. The molecule has 4 nitrogen and oxygen atoms in total. The van der Waals surface area contributed by atoms with Crippen molar-refractivity contribution in [3.05, 3.63) is 17.0 Å². The predicted molar refractivity (Wildman–Crippen MR) is 65.2 cm³/mol. The lowest BCUT2D eigenvalue weighted by Crippen LogP contribution is -2.36. The maximum atomic E-state index is 9.23. The molecule has 16 heavy (non-hydrogen) atoms. The molecule has 0 amide bonds. The van der Waals surface area contributed by atoms with E-state index >= 15 is 0 Å². The van der Waals surface area contributed by atoms with Gasteiger partial charge in [0.15, 0.2) is 0 Å². The highest BCUT2D eigenvalue weighted by Gasteiger charge is 2.14. The summed E-state index contributed by atoms with van der Waals surface area (Å²) in [6.45, 7) is 9.26. The lowest BCUT2D eigenvalue weighted by Gasteiger charge is -2.20. The number of hydrogen-bond acceptors (Lipinski definition) is 3. The molecule has 1 rings (SSSR count). The van der Waals surface area contributed by atoms with Gasteiger partial charge < -0.3 is 10.4 Å². The molecule has 4 heteroatoms.